The molecule has 92 valence electrons. The Labute approximate surface area is 104 Å². The molecule has 0 amide bonds. The first-order valence-electron chi connectivity index (χ1n) is 5.82. The van der Waals surface area contributed by atoms with E-state index < -0.39 is 0 Å². The molecule has 0 bridgehead atoms. The average Bonchev–Trinajstić information content (AvgIpc) is 3.02. The van der Waals surface area contributed by atoms with Gasteiger partial charge in [0.05, 0.1) is 5.56 Å². The first kappa shape index (κ1) is 11.0. The van der Waals surface area contributed by atoms with Crippen LogP contribution in [0.25, 0.3) is 22.4 Å². The molecule has 5 nitrogen and oxygen atoms in total. The van der Waals surface area contributed by atoms with Crippen molar-refractivity contribution in [2.75, 3.05) is 13.6 Å². The molecule has 0 unspecified atom stereocenters. The average molecular weight is 243 g/mol. The third kappa shape index (κ3) is 1.89. The number of benzene rings is 1. The summed E-state index contributed by atoms with van der Waals surface area (Å²) in [6, 6.07) is 7.78. The second-order valence-electron chi connectivity index (χ2n) is 4.00. The van der Waals surface area contributed by atoms with Crippen molar-refractivity contribution in [3.8, 4) is 11.5 Å². The number of nitrogens with zero attached hydrogens (tertiary/aromatic N) is 2. The van der Waals surface area contributed by atoms with E-state index >= 15 is 0 Å². The van der Waals surface area contributed by atoms with E-state index in [0.29, 0.717) is 11.8 Å². The molecule has 0 saturated carbocycles. The van der Waals surface area contributed by atoms with E-state index in [-0.39, 0.29) is 0 Å². The van der Waals surface area contributed by atoms with Crippen molar-refractivity contribution in [3.63, 3.8) is 0 Å². The van der Waals surface area contributed by atoms with Crippen LogP contribution >= 0.6 is 0 Å². The van der Waals surface area contributed by atoms with Crippen molar-refractivity contribution in [1.82, 2.24) is 15.5 Å². The number of hydrogen-bond acceptors (Lipinski definition) is 5. The molecule has 2 aromatic heterocycles. The van der Waals surface area contributed by atoms with Gasteiger partial charge in [0.2, 0.25) is 5.89 Å². The zero-order valence-corrected chi connectivity index (χ0v) is 10.0. The zero-order chi connectivity index (χ0) is 12.4. The summed E-state index contributed by atoms with van der Waals surface area (Å²) in [6.07, 6.45) is 2.37. The lowest BCUT2D eigenvalue weighted by Crippen LogP contribution is -2.10. The lowest BCUT2D eigenvalue weighted by molar-refractivity contribution is 0.499. The van der Waals surface area contributed by atoms with E-state index in [1.807, 2.05) is 31.3 Å². The van der Waals surface area contributed by atoms with E-state index in [9.17, 15) is 0 Å². The largest absolute Gasteiger partial charge is 0.463 e. The van der Waals surface area contributed by atoms with Gasteiger partial charge >= 0.3 is 0 Å². The maximum atomic E-state index is 5.62. The van der Waals surface area contributed by atoms with Gasteiger partial charge < -0.3 is 14.2 Å². The summed E-state index contributed by atoms with van der Waals surface area (Å²) in [5.41, 5.74) is 1.66. The minimum Gasteiger partial charge on any atom is -0.463 e. The van der Waals surface area contributed by atoms with Crippen LogP contribution in [0.2, 0.25) is 0 Å². The van der Waals surface area contributed by atoms with Crippen LogP contribution in [-0.4, -0.2) is 23.8 Å². The number of fused-ring (bicyclic) bond motifs is 1. The van der Waals surface area contributed by atoms with Gasteiger partial charge in [0.15, 0.2) is 0 Å². The molecular formula is C13H13N3O2. The Hall–Kier alpha value is -2.14. The maximum absolute atomic E-state index is 5.62. The molecule has 0 aliphatic rings. The summed E-state index contributed by atoms with van der Waals surface area (Å²) in [5.74, 6) is 1.13. The minimum atomic E-state index is 0.506. The van der Waals surface area contributed by atoms with Crippen LogP contribution in [0, 0.1) is 0 Å². The van der Waals surface area contributed by atoms with Crippen LogP contribution in [0.3, 0.4) is 0 Å². The van der Waals surface area contributed by atoms with Crippen LogP contribution in [0.5, 0.6) is 0 Å². The van der Waals surface area contributed by atoms with Crippen molar-refractivity contribution in [2.24, 2.45) is 0 Å². The number of para-hydroxylation sites is 1. The fraction of sp³-hybridized carbons (Fsp3) is 0.231. The molecule has 2 heterocycles. The molecule has 0 aliphatic heterocycles. The molecule has 0 radical (unpaired) electrons. The van der Waals surface area contributed by atoms with Gasteiger partial charge in [-0.2, -0.15) is 0 Å². The Morgan fingerprint density at radius 2 is 2.11 bits per heavy atom. The van der Waals surface area contributed by atoms with Gasteiger partial charge in [-0.15, -0.1) is 10.2 Å². The topological polar surface area (TPSA) is 64.1 Å². The van der Waals surface area contributed by atoms with Gasteiger partial charge in [-0.3, -0.25) is 0 Å². The molecule has 1 aromatic carbocycles. The van der Waals surface area contributed by atoms with E-state index in [1.54, 1.807) is 6.26 Å². The first-order chi connectivity index (χ1) is 8.88. The van der Waals surface area contributed by atoms with Crippen molar-refractivity contribution < 1.29 is 8.83 Å². The fourth-order valence-electron chi connectivity index (χ4n) is 1.84. The summed E-state index contributed by atoms with van der Waals surface area (Å²) >= 11 is 0. The number of aromatic nitrogens is 2. The van der Waals surface area contributed by atoms with E-state index in [1.165, 1.54) is 0 Å². The van der Waals surface area contributed by atoms with Crippen LogP contribution < -0.4 is 5.32 Å². The molecular weight excluding hydrogens is 230 g/mol. The van der Waals surface area contributed by atoms with Gasteiger partial charge in [-0.05, 0) is 13.1 Å². The maximum Gasteiger partial charge on any atom is 0.251 e. The SMILES string of the molecule is CNCCc1nnc(-c2coc3ccccc23)o1. The highest BCUT2D eigenvalue weighted by Crippen LogP contribution is 2.29. The Balaban J connectivity index is 1.96. The van der Waals surface area contributed by atoms with Gasteiger partial charge in [0, 0.05) is 18.4 Å². The molecule has 0 atom stereocenters. The Bertz CT molecular complexity index is 657. The standard InChI is InChI=1S/C13H13N3O2/c1-14-7-6-12-15-16-13(18-12)10-8-17-11-5-3-2-4-9(10)11/h2-5,8,14H,6-7H2,1H3. The summed E-state index contributed by atoms with van der Waals surface area (Å²) in [6.45, 7) is 0.813. The van der Waals surface area contributed by atoms with Gasteiger partial charge in [0.1, 0.15) is 11.8 Å². The van der Waals surface area contributed by atoms with E-state index in [0.717, 1.165) is 29.5 Å². The zero-order valence-electron chi connectivity index (χ0n) is 10.0. The highest BCUT2D eigenvalue weighted by molar-refractivity contribution is 5.91. The molecule has 0 aliphatic carbocycles. The van der Waals surface area contributed by atoms with E-state index in [4.69, 9.17) is 8.83 Å². The second kappa shape index (κ2) is 4.62. The Morgan fingerprint density at radius 1 is 1.22 bits per heavy atom. The Morgan fingerprint density at radius 3 is 3.00 bits per heavy atom. The van der Waals surface area contributed by atoms with Crippen molar-refractivity contribution in [1.29, 1.82) is 0 Å². The molecule has 0 saturated heterocycles. The highest BCUT2D eigenvalue weighted by Gasteiger charge is 2.13. The quantitative estimate of drug-likeness (QED) is 0.761. The van der Waals surface area contributed by atoms with Gasteiger partial charge in [0.25, 0.3) is 5.89 Å². The third-order valence-electron chi connectivity index (χ3n) is 2.77. The summed E-state index contributed by atoms with van der Waals surface area (Å²) in [4.78, 5) is 0. The lowest BCUT2D eigenvalue weighted by atomic mass is 10.2. The number of likely N-dealkylation sites (N-methyl/N-ethyl adjacent to an activating group) is 1. The molecule has 0 spiro atoms. The number of hydrogen-bond donors (Lipinski definition) is 1. The molecule has 3 aromatic rings. The predicted octanol–water partition coefficient (Wildman–Crippen LogP) is 2.24. The number of nitrogens with one attached hydrogen (secondary N) is 1. The second-order valence-corrected chi connectivity index (χ2v) is 4.00. The summed E-state index contributed by atoms with van der Waals surface area (Å²) in [5, 5.41) is 12.1. The molecule has 0 fully saturated rings. The van der Waals surface area contributed by atoms with Crippen molar-refractivity contribution >= 4 is 11.0 Å². The van der Waals surface area contributed by atoms with Crippen molar-refractivity contribution in [3.05, 3.63) is 36.4 Å². The van der Waals surface area contributed by atoms with Crippen LogP contribution in [-0.2, 0) is 6.42 Å². The van der Waals surface area contributed by atoms with Crippen LogP contribution in [0.1, 0.15) is 5.89 Å². The summed E-state index contributed by atoms with van der Waals surface area (Å²) in [7, 11) is 1.89. The molecule has 5 heteroatoms. The van der Waals surface area contributed by atoms with E-state index in [2.05, 4.69) is 15.5 Å². The minimum absolute atomic E-state index is 0.506. The molecule has 1 N–H and O–H groups in total. The lowest BCUT2D eigenvalue weighted by Gasteiger charge is -1.92. The number of rotatable bonds is 4. The predicted molar refractivity (Wildman–Crippen MR) is 67.1 cm³/mol. The molecule has 18 heavy (non-hydrogen) atoms. The van der Waals surface area contributed by atoms with Crippen LogP contribution in [0.4, 0.5) is 0 Å². The first-order valence-corrected chi connectivity index (χ1v) is 5.82. The highest BCUT2D eigenvalue weighted by atomic mass is 16.4. The number of furan rings is 1. The monoisotopic (exact) mass is 243 g/mol. The summed E-state index contributed by atoms with van der Waals surface area (Å²) < 4.78 is 11.1. The smallest absolute Gasteiger partial charge is 0.251 e. The fourth-order valence-corrected chi connectivity index (χ4v) is 1.84. The van der Waals surface area contributed by atoms with Gasteiger partial charge in [-0.25, -0.2) is 0 Å². The van der Waals surface area contributed by atoms with Gasteiger partial charge in [-0.1, -0.05) is 18.2 Å². The molecule has 3 rings (SSSR count). The Kier molecular flexibility index (Phi) is 2.82. The normalized spacial score (nSPS) is 11.2. The van der Waals surface area contributed by atoms with Crippen LogP contribution in [0.15, 0.2) is 39.4 Å². The third-order valence-corrected chi connectivity index (χ3v) is 2.77. The van der Waals surface area contributed by atoms with Crippen molar-refractivity contribution in [2.45, 2.75) is 6.42 Å².